The van der Waals surface area contributed by atoms with Crippen molar-refractivity contribution in [3.05, 3.63) is 156 Å². The maximum absolute atomic E-state index is 6.90. The molecule has 4 heteroatoms. The van der Waals surface area contributed by atoms with Gasteiger partial charge >= 0.3 is 0 Å². The molecule has 0 N–H and O–H groups in total. The molecule has 5 aromatic heterocycles. The van der Waals surface area contributed by atoms with Crippen molar-refractivity contribution in [2.24, 2.45) is 5.92 Å². The summed E-state index contributed by atoms with van der Waals surface area (Å²) >= 11 is 0. The van der Waals surface area contributed by atoms with Crippen molar-refractivity contribution in [2.75, 3.05) is 0 Å². The van der Waals surface area contributed by atoms with Crippen molar-refractivity contribution >= 4 is 65.7 Å². The molecular formula is C57H51N3O+2. The van der Waals surface area contributed by atoms with Gasteiger partial charge in [-0.3, -0.25) is 0 Å². The molecular weight excluding hydrogens is 743 g/mol. The molecule has 1 aliphatic carbocycles. The predicted molar refractivity (Wildman–Crippen MR) is 250 cm³/mol. The van der Waals surface area contributed by atoms with Crippen molar-refractivity contribution < 1.29 is 13.6 Å². The first-order chi connectivity index (χ1) is 29.8. The molecule has 0 bridgehead atoms. The van der Waals surface area contributed by atoms with Crippen LogP contribution in [0.25, 0.3) is 88.2 Å². The van der Waals surface area contributed by atoms with Gasteiger partial charge in [0.05, 0.1) is 33.9 Å². The van der Waals surface area contributed by atoms with Gasteiger partial charge in [-0.25, -0.2) is 0 Å². The molecule has 0 radical (unpaired) electrons. The van der Waals surface area contributed by atoms with Gasteiger partial charge in [0, 0.05) is 62.7 Å². The molecule has 1 fully saturated rings. The number of aryl methyl sites for hydroxylation is 1. The van der Waals surface area contributed by atoms with Gasteiger partial charge in [-0.15, -0.1) is 0 Å². The van der Waals surface area contributed by atoms with Gasteiger partial charge in [-0.05, 0) is 108 Å². The largest absolute Gasteiger partial charge is 0.455 e. The van der Waals surface area contributed by atoms with Crippen LogP contribution in [0.4, 0.5) is 0 Å². The number of para-hydroxylation sites is 1. The molecule has 2 atom stereocenters. The van der Waals surface area contributed by atoms with Crippen LogP contribution in [-0.4, -0.2) is 4.40 Å². The minimum absolute atomic E-state index is 0.0304. The average Bonchev–Trinajstić information content (AvgIpc) is 4.06. The van der Waals surface area contributed by atoms with Crippen molar-refractivity contribution in [2.45, 2.75) is 89.5 Å². The van der Waals surface area contributed by atoms with Gasteiger partial charge in [0.2, 0.25) is 11.4 Å². The Bertz CT molecular complexity index is 3460. The molecule has 1 saturated carbocycles. The number of fused-ring (bicyclic) bond motifs is 19. The predicted octanol–water partition coefficient (Wildman–Crippen LogP) is 13.8. The SMILES string of the molecule is C=C1CC2C(CCc3cc4c(cc3-c3cc(CC5CCCC5)cc[n+]31)c1cc3c5cc(C(C)(C)C)ccc5oc3c3c5ccccc5n4c13)c1ccccc1-c1cccc[n+]12. The number of aromatic nitrogens is 3. The number of pyridine rings is 2. The highest BCUT2D eigenvalue weighted by Gasteiger charge is 2.42. The fraction of sp³-hybridized carbons (Fsp3) is 0.263. The highest BCUT2D eigenvalue weighted by molar-refractivity contribution is 6.33. The maximum Gasteiger partial charge on any atom is 0.218 e. The van der Waals surface area contributed by atoms with Crippen molar-refractivity contribution in [3.8, 4) is 22.5 Å². The zero-order valence-corrected chi connectivity index (χ0v) is 35.5. The van der Waals surface area contributed by atoms with E-state index in [1.807, 2.05) is 0 Å². The van der Waals surface area contributed by atoms with E-state index < -0.39 is 0 Å². The number of rotatable bonds is 2. The number of nitrogens with zero attached hydrogens (tertiary/aromatic N) is 3. The highest BCUT2D eigenvalue weighted by atomic mass is 16.3. The molecule has 0 amide bonds. The lowest BCUT2D eigenvalue weighted by Gasteiger charge is -2.31. The topological polar surface area (TPSA) is 25.3 Å². The molecule has 298 valence electrons. The van der Waals surface area contributed by atoms with Gasteiger partial charge < -0.3 is 8.82 Å². The summed E-state index contributed by atoms with van der Waals surface area (Å²) in [6.45, 7) is 11.8. The number of furan rings is 1. The summed E-state index contributed by atoms with van der Waals surface area (Å²) in [5.74, 6) is 1.11. The van der Waals surface area contributed by atoms with Crippen LogP contribution in [-0.2, 0) is 18.3 Å². The van der Waals surface area contributed by atoms with E-state index in [0.717, 1.165) is 48.5 Å². The van der Waals surface area contributed by atoms with Crippen LogP contribution in [0.2, 0.25) is 0 Å². The van der Waals surface area contributed by atoms with Crippen molar-refractivity contribution in [1.82, 2.24) is 4.40 Å². The Hall–Kier alpha value is -6.26. The molecule has 0 spiro atoms. The molecule has 2 aliphatic heterocycles. The molecule has 5 aromatic carbocycles. The Morgan fingerprint density at radius 3 is 2.43 bits per heavy atom. The van der Waals surface area contributed by atoms with Crippen LogP contribution in [0, 0.1) is 5.92 Å². The summed E-state index contributed by atoms with van der Waals surface area (Å²) in [5, 5.41) is 7.44. The third kappa shape index (κ3) is 5.17. The number of benzene rings is 5. The summed E-state index contributed by atoms with van der Waals surface area (Å²) in [6.07, 6.45) is 14.1. The second kappa shape index (κ2) is 12.9. The minimum Gasteiger partial charge on any atom is -0.455 e. The van der Waals surface area contributed by atoms with Crippen LogP contribution in [0.3, 0.4) is 0 Å². The Labute approximate surface area is 356 Å². The lowest BCUT2D eigenvalue weighted by Crippen LogP contribution is -2.49. The van der Waals surface area contributed by atoms with Gasteiger partial charge in [0.15, 0.2) is 24.1 Å². The minimum atomic E-state index is 0.0304. The lowest BCUT2D eigenvalue weighted by atomic mass is 9.77. The highest BCUT2D eigenvalue weighted by Crippen LogP contribution is 2.49. The van der Waals surface area contributed by atoms with Gasteiger partial charge in [0.25, 0.3) is 0 Å². The van der Waals surface area contributed by atoms with E-state index in [1.54, 1.807) is 0 Å². The second-order valence-corrected chi connectivity index (χ2v) is 19.7. The molecule has 13 rings (SSSR count). The smallest absolute Gasteiger partial charge is 0.218 e. The van der Waals surface area contributed by atoms with E-state index in [1.165, 1.54) is 119 Å². The molecule has 7 heterocycles. The van der Waals surface area contributed by atoms with Gasteiger partial charge in [-0.2, -0.15) is 9.13 Å². The Kier molecular flexibility index (Phi) is 7.49. The summed E-state index contributed by atoms with van der Waals surface area (Å²) in [5.41, 5.74) is 17.8. The second-order valence-electron chi connectivity index (χ2n) is 19.7. The van der Waals surface area contributed by atoms with Crippen LogP contribution in [0.1, 0.15) is 93.5 Å². The van der Waals surface area contributed by atoms with E-state index in [-0.39, 0.29) is 11.5 Å². The first kappa shape index (κ1) is 35.5. The number of allylic oxidation sites excluding steroid dienone is 1. The standard InChI is InChI=1S/C57H51N3O/c1-34-27-50-41(39-15-7-8-16-40(39)48-18-11-12-25-59(48)50)22-20-37-30-52-44(32-43(37)51-29-36(24-26-58(34)51)28-35-13-5-6-14-35)46-33-47-45-31-38(57(2,3)4)21-23-53(45)61-56(47)54-42-17-9-10-19-49(42)60(52)55(46)54/h7-12,15-19,21,23-26,29-33,35,41,50H,1,5-6,13-14,20,22,27-28H2,2-4H3/q+2. The Balaban J connectivity index is 1.10. The third-order valence-electron chi connectivity index (χ3n) is 15.1. The summed E-state index contributed by atoms with van der Waals surface area (Å²) < 4.78 is 14.5. The third-order valence-corrected chi connectivity index (χ3v) is 15.1. The van der Waals surface area contributed by atoms with Crippen LogP contribution >= 0.6 is 0 Å². The van der Waals surface area contributed by atoms with Gasteiger partial charge in [0.1, 0.15) is 11.2 Å². The molecule has 0 saturated heterocycles. The van der Waals surface area contributed by atoms with Crippen molar-refractivity contribution in [1.29, 1.82) is 0 Å². The normalized spacial score (nSPS) is 18.3. The van der Waals surface area contributed by atoms with Crippen molar-refractivity contribution in [3.63, 3.8) is 0 Å². The Morgan fingerprint density at radius 1 is 0.705 bits per heavy atom. The summed E-state index contributed by atoms with van der Waals surface area (Å²) in [7, 11) is 0. The van der Waals surface area contributed by atoms with E-state index in [2.05, 4.69) is 162 Å². The maximum atomic E-state index is 6.90. The number of hydrogen-bond acceptors (Lipinski definition) is 1. The zero-order chi connectivity index (χ0) is 40.7. The van der Waals surface area contributed by atoms with E-state index in [4.69, 9.17) is 11.0 Å². The molecule has 61 heavy (non-hydrogen) atoms. The van der Waals surface area contributed by atoms with Crippen LogP contribution in [0.15, 0.2) is 139 Å². The van der Waals surface area contributed by atoms with E-state index >= 15 is 0 Å². The van der Waals surface area contributed by atoms with E-state index in [9.17, 15) is 0 Å². The fourth-order valence-corrected chi connectivity index (χ4v) is 12.2. The molecule has 2 unspecified atom stereocenters. The lowest BCUT2D eigenvalue weighted by molar-refractivity contribution is -0.720. The molecule has 10 aromatic rings. The molecule has 4 nitrogen and oxygen atoms in total. The van der Waals surface area contributed by atoms with Gasteiger partial charge in [-0.1, -0.05) is 88.9 Å². The van der Waals surface area contributed by atoms with E-state index in [0.29, 0.717) is 5.92 Å². The monoisotopic (exact) mass is 793 g/mol. The van der Waals surface area contributed by atoms with Crippen LogP contribution in [0.5, 0.6) is 0 Å². The Morgan fingerprint density at radius 2 is 1.54 bits per heavy atom. The fourth-order valence-electron chi connectivity index (χ4n) is 12.2. The summed E-state index contributed by atoms with van der Waals surface area (Å²) in [6, 6.07) is 44.4. The average molecular weight is 794 g/mol. The quantitative estimate of drug-likeness (QED) is 0.160. The molecule has 3 aliphatic rings. The summed E-state index contributed by atoms with van der Waals surface area (Å²) in [4.78, 5) is 0. The zero-order valence-electron chi connectivity index (χ0n) is 35.5. The first-order valence-electron chi connectivity index (χ1n) is 22.7. The number of hydrogen-bond donors (Lipinski definition) is 0. The van der Waals surface area contributed by atoms with Crippen LogP contribution < -0.4 is 9.13 Å². The first-order valence-corrected chi connectivity index (χ1v) is 22.7.